The van der Waals surface area contributed by atoms with Gasteiger partial charge in [0.1, 0.15) is 0 Å². The summed E-state index contributed by atoms with van der Waals surface area (Å²) in [7, 11) is 1.70. The Morgan fingerprint density at radius 1 is 1.25 bits per heavy atom. The number of aliphatic hydroxyl groups excluding tert-OH is 1. The zero-order valence-electron chi connectivity index (χ0n) is 11.6. The first-order valence-electron chi connectivity index (χ1n) is 6.75. The van der Waals surface area contributed by atoms with E-state index in [9.17, 15) is 5.11 Å². The second-order valence-corrected chi connectivity index (χ2v) is 6.69. The fourth-order valence-electron chi connectivity index (χ4n) is 2.22. The molecule has 0 aromatic carbocycles. The first kappa shape index (κ1) is 15.7. The summed E-state index contributed by atoms with van der Waals surface area (Å²) in [5.74, 6) is 0. The van der Waals surface area contributed by atoms with Crippen molar-refractivity contribution >= 4 is 22.7 Å². The lowest BCUT2D eigenvalue weighted by atomic mass is 10.1. The number of ether oxygens (including phenoxy) is 1. The minimum Gasteiger partial charge on any atom is -0.396 e. The van der Waals surface area contributed by atoms with Crippen LogP contribution in [0.3, 0.4) is 0 Å². The lowest BCUT2D eigenvalue weighted by molar-refractivity contribution is 0.142. The minimum absolute atomic E-state index is 0.178. The molecule has 0 saturated heterocycles. The van der Waals surface area contributed by atoms with E-state index in [4.69, 9.17) is 4.74 Å². The van der Waals surface area contributed by atoms with Gasteiger partial charge in [-0.2, -0.15) is 0 Å². The van der Waals surface area contributed by atoms with Crippen molar-refractivity contribution in [2.24, 2.45) is 0 Å². The summed E-state index contributed by atoms with van der Waals surface area (Å²) in [5.41, 5.74) is 0. The van der Waals surface area contributed by atoms with Gasteiger partial charge in [0, 0.05) is 42.0 Å². The molecule has 2 rings (SSSR count). The van der Waals surface area contributed by atoms with Crippen LogP contribution in [0.15, 0.2) is 35.0 Å². The van der Waals surface area contributed by atoms with Gasteiger partial charge in [0.05, 0.1) is 6.61 Å². The molecule has 0 spiro atoms. The highest BCUT2D eigenvalue weighted by molar-refractivity contribution is 7.10. The zero-order valence-corrected chi connectivity index (χ0v) is 13.3. The van der Waals surface area contributed by atoms with Crippen LogP contribution >= 0.6 is 22.7 Å². The first-order chi connectivity index (χ1) is 9.83. The monoisotopic (exact) mass is 311 g/mol. The second kappa shape index (κ2) is 8.54. The second-order valence-electron chi connectivity index (χ2n) is 4.68. The van der Waals surface area contributed by atoms with Crippen LogP contribution in [0.2, 0.25) is 0 Å². The Morgan fingerprint density at radius 3 is 2.65 bits per heavy atom. The topological polar surface area (TPSA) is 41.5 Å². The molecule has 0 aliphatic rings. The molecule has 0 radical (unpaired) electrons. The molecule has 110 valence electrons. The third-order valence-electron chi connectivity index (χ3n) is 3.15. The van der Waals surface area contributed by atoms with Gasteiger partial charge < -0.3 is 15.2 Å². The molecule has 2 aromatic rings. The maximum atomic E-state index is 9.17. The highest BCUT2D eigenvalue weighted by atomic mass is 32.1. The van der Waals surface area contributed by atoms with Crippen LogP contribution in [0.25, 0.3) is 0 Å². The van der Waals surface area contributed by atoms with E-state index in [0.717, 1.165) is 6.42 Å². The number of hydrogen-bond donors (Lipinski definition) is 2. The maximum absolute atomic E-state index is 9.17. The predicted molar refractivity (Wildman–Crippen MR) is 85.6 cm³/mol. The van der Waals surface area contributed by atoms with Crippen molar-refractivity contribution in [3.05, 3.63) is 44.8 Å². The van der Waals surface area contributed by atoms with Gasteiger partial charge in [0.25, 0.3) is 0 Å². The molecule has 0 fully saturated rings. The van der Waals surface area contributed by atoms with Gasteiger partial charge in [-0.15, -0.1) is 22.7 Å². The Labute approximate surface area is 128 Å². The van der Waals surface area contributed by atoms with Crippen molar-refractivity contribution in [2.75, 3.05) is 20.3 Å². The Bertz CT molecular complexity index is 450. The van der Waals surface area contributed by atoms with Crippen molar-refractivity contribution in [1.29, 1.82) is 0 Å². The van der Waals surface area contributed by atoms with Gasteiger partial charge >= 0.3 is 0 Å². The van der Waals surface area contributed by atoms with Gasteiger partial charge in [0.15, 0.2) is 0 Å². The van der Waals surface area contributed by atoms with E-state index in [-0.39, 0.29) is 18.7 Å². The Kier molecular flexibility index (Phi) is 6.69. The van der Waals surface area contributed by atoms with Crippen molar-refractivity contribution in [2.45, 2.75) is 24.9 Å². The van der Waals surface area contributed by atoms with E-state index in [1.807, 2.05) is 0 Å². The summed E-state index contributed by atoms with van der Waals surface area (Å²) < 4.78 is 5.24. The molecule has 2 atom stereocenters. The molecular weight excluding hydrogens is 290 g/mol. The number of nitrogens with one attached hydrogen (secondary N) is 1. The molecule has 0 amide bonds. The largest absolute Gasteiger partial charge is 0.396 e. The Balaban J connectivity index is 2.05. The van der Waals surface area contributed by atoms with E-state index < -0.39 is 0 Å². The van der Waals surface area contributed by atoms with Crippen LogP contribution in [0.4, 0.5) is 0 Å². The van der Waals surface area contributed by atoms with Crippen LogP contribution in [0, 0.1) is 0 Å². The van der Waals surface area contributed by atoms with Gasteiger partial charge in [0.2, 0.25) is 0 Å². The number of thiophene rings is 2. The number of aliphatic hydroxyl groups is 1. The average molecular weight is 311 g/mol. The molecule has 2 unspecified atom stereocenters. The predicted octanol–water partition coefficient (Wildman–Crippen LogP) is 3.08. The summed E-state index contributed by atoms with van der Waals surface area (Å²) in [6.45, 7) is 0.796. The molecule has 0 bridgehead atoms. The van der Waals surface area contributed by atoms with E-state index in [1.54, 1.807) is 29.8 Å². The smallest absolute Gasteiger partial charge is 0.0616 e. The van der Waals surface area contributed by atoms with E-state index in [1.165, 1.54) is 9.75 Å². The summed E-state index contributed by atoms with van der Waals surface area (Å²) in [6.07, 6.45) is 1.68. The average Bonchev–Trinajstić information content (AvgIpc) is 3.11. The van der Waals surface area contributed by atoms with Crippen LogP contribution in [-0.2, 0) is 11.2 Å². The normalized spacial score (nSPS) is 14.3. The highest BCUT2D eigenvalue weighted by Gasteiger charge is 2.18. The third-order valence-corrected chi connectivity index (χ3v) is 5.04. The molecule has 2 N–H and O–H groups in total. The quantitative estimate of drug-likeness (QED) is 0.748. The van der Waals surface area contributed by atoms with Crippen molar-refractivity contribution < 1.29 is 9.84 Å². The minimum atomic E-state index is 0.178. The van der Waals surface area contributed by atoms with Crippen LogP contribution in [0.1, 0.15) is 22.2 Å². The van der Waals surface area contributed by atoms with E-state index >= 15 is 0 Å². The summed E-state index contributed by atoms with van der Waals surface area (Å²) >= 11 is 3.56. The van der Waals surface area contributed by atoms with Crippen molar-refractivity contribution in [1.82, 2.24) is 5.32 Å². The maximum Gasteiger partial charge on any atom is 0.0616 e. The molecule has 5 heteroatoms. The third kappa shape index (κ3) is 4.68. The standard InChI is InChI=1S/C15H21NO2S2/c1-18-11-12(6-7-17)16-14(15-5-3-9-20-15)10-13-4-2-8-19-13/h2-5,8-9,12,14,16-17H,6-7,10-11H2,1H3. The summed E-state index contributed by atoms with van der Waals surface area (Å²) in [5, 5.41) is 17.0. The van der Waals surface area contributed by atoms with Crippen LogP contribution in [-0.4, -0.2) is 31.5 Å². The van der Waals surface area contributed by atoms with E-state index in [2.05, 4.69) is 40.3 Å². The molecule has 0 aliphatic carbocycles. The zero-order chi connectivity index (χ0) is 14.2. The fraction of sp³-hybridized carbons (Fsp3) is 0.467. The molecule has 2 aromatic heterocycles. The lowest BCUT2D eigenvalue weighted by Gasteiger charge is -2.24. The van der Waals surface area contributed by atoms with Crippen LogP contribution < -0.4 is 5.32 Å². The summed E-state index contributed by atoms with van der Waals surface area (Å²) in [4.78, 5) is 2.70. The summed E-state index contributed by atoms with van der Waals surface area (Å²) in [6, 6.07) is 8.97. The number of rotatable bonds is 9. The van der Waals surface area contributed by atoms with Gasteiger partial charge in [-0.1, -0.05) is 12.1 Å². The molecule has 0 aliphatic heterocycles. The van der Waals surface area contributed by atoms with Crippen molar-refractivity contribution in [3.8, 4) is 0 Å². The Hall–Kier alpha value is -0.720. The number of hydrogen-bond acceptors (Lipinski definition) is 5. The Morgan fingerprint density at radius 2 is 2.05 bits per heavy atom. The number of methoxy groups -OCH3 is 1. The first-order valence-corrected chi connectivity index (χ1v) is 8.51. The lowest BCUT2D eigenvalue weighted by Crippen LogP contribution is -2.37. The van der Waals surface area contributed by atoms with Gasteiger partial charge in [-0.3, -0.25) is 0 Å². The van der Waals surface area contributed by atoms with Crippen LogP contribution in [0.5, 0.6) is 0 Å². The molecule has 3 nitrogen and oxygen atoms in total. The van der Waals surface area contributed by atoms with Crippen molar-refractivity contribution in [3.63, 3.8) is 0 Å². The van der Waals surface area contributed by atoms with Gasteiger partial charge in [-0.05, 0) is 29.3 Å². The SMILES string of the molecule is COCC(CCO)NC(Cc1cccs1)c1cccs1. The highest BCUT2D eigenvalue weighted by Crippen LogP contribution is 2.25. The fourth-order valence-corrected chi connectivity index (χ4v) is 3.76. The molecule has 2 heterocycles. The molecule has 20 heavy (non-hydrogen) atoms. The molecule has 0 saturated carbocycles. The van der Waals surface area contributed by atoms with Gasteiger partial charge in [-0.25, -0.2) is 0 Å². The molecular formula is C15H21NO2S2. The van der Waals surface area contributed by atoms with E-state index in [0.29, 0.717) is 13.0 Å².